The first kappa shape index (κ1) is 14.0. The molecule has 1 rings (SSSR count). The molecule has 94 valence electrons. The number of hydrogen-bond donors (Lipinski definition) is 1. The molecule has 0 aliphatic carbocycles. The molecule has 0 bridgehead atoms. The molecule has 0 radical (unpaired) electrons. The first-order valence-electron chi connectivity index (χ1n) is 5.89. The van der Waals surface area contributed by atoms with Gasteiger partial charge in [-0.2, -0.15) is 0 Å². The summed E-state index contributed by atoms with van der Waals surface area (Å²) in [6, 6.07) is 3.76. The summed E-state index contributed by atoms with van der Waals surface area (Å²) in [5.41, 5.74) is 0.680. The highest BCUT2D eigenvalue weighted by Crippen LogP contribution is 2.13. The molecule has 1 heterocycles. The fourth-order valence-electron chi connectivity index (χ4n) is 1.45. The molecule has 3 nitrogen and oxygen atoms in total. The normalized spacial score (nSPS) is 14.1. The van der Waals surface area contributed by atoms with Crippen molar-refractivity contribution in [3.63, 3.8) is 0 Å². The maximum Gasteiger partial charge on any atom is 0.251 e. The Morgan fingerprint density at radius 3 is 2.82 bits per heavy atom. The molecule has 2 atom stereocenters. The lowest BCUT2D eigenvalue weighted by Gasteiger charge is -2.19. The van der Waals surface area contributed by atoms with Crippen LogP contribution in [0, 0.1) is 5.92 Å². The Balaban J connectivity index is 2.69. The Labute approximate surface area is 107 Å². The summed E-state index contributed by atoms with van der Waals surface area (Å²) in [5.74, 6) is 0.469. The molecule has 0 aliphatic rings. The number of pyridine rings is 1. The lowest BCUT2D eigenvalue weighted by molar-refractivity contribution is 0.0927. The van der Waals surface area contributed by atoms with Gasteiger partial charge in [-0.25, -0.2) is 4.98 Å². The van der Waals surface area contributed by atoms with Crippen molar-refractivity contribution in [2.75, 3.05) is 6.26 Å². The van der Waals surface area contributed by atoms with Gasteiger partial charge in [0.2, 0.25) is 0 Å². The Bertz CT molecular complexity index is 381. The van der Waals surface area contributed by atoms with Gasteiger partial charge in [-0.1, -0.05) is 20.3 Å². The van der Waals surface area contributed by atoms with E-state index >= 15 is 0 Å². The zero-order valence-electron chi connectivity index (χ0n) is 10.9. The molecule has 17 heavy (non-hydrogen) atoms. The smallest absolute Gasteiger partial charge is 0.251 e. The predicted octanol–water partition coefficient (Wildman–Crippen LogP) is 2.97. The zero-order chi connectivity index (χ0) is 12.8. The van der Waals surface area contributed by atoms with Gasteiger partial charge in [0.25, 0.3) is 5.91 Å². The number of hydrogen-bond acceptors (Lipinski definition) is 3. The third-order valence-corrected chi connectivity index (χ3v) is 3.70. The van der Waals surface area contributed by atoms with Gasteiger partial charge in [-0.3, -0.25) is 4.79 Å². The van der Waals surface area contributed by atoms with E-state index in [4.69, 9.17) is 0 Å². The highest BCUT2D eigenvalue weighted by molar-refractivity contribution is 7.98. The summed E-state index contributed by atoms with van der Waals surface area (Å²) in [7, 11) is 0. The van der Waals surface area contributed by atoms with Gasteiger partial charge >= 0.3 is 0 Å². The maximum atomic E-state index is 12.0. The number of aromatic nitrogens is 1. The second-order valence-electron chi connectivity index (χ2n) is 4.23. The van der Waals surface area contributed by atoms with E-state index in [0.717, 1.165) is 11.4 Å². The van der Waals surface area contributed by atoms with Gasteiger partial charge in [0, 0.05) is 17.8 Å². The summed E-state index contributed by atoms with van der Waals surface area (Å²) in [4.78, 5) is 16.1. The average Bonchev–Trinajstić information content (AvgIpc) is 2.37. The number of nitrogens with one attached hydrogen (secondary N) is 1. The van der Waals surface area contributed by atoms with Crippen LogP contribution in [-0.2, 0) is 0 Å². The number of carbonyl (C=O) groups is 1. The van der Waals surface area contributed by atoms with Crippen LogP contribution in [0.2, 0.25) is 0 Å². The monoisotopic (exact) mass is 252 g/mol. The number of nitrogens with zero attached hydrogens (tertiary/aromatic N) is 1. The molecule has 1 aromatic heterocycles. The van der Waals surface area contributed by atoms with E-state index in [1.165, 1.54) is 11.8 Å². The molecule has 0 fully saturated rings. The zero-order valence-corrected chi connectivity index (χ0v) is 11.7. The first-order chi connectivity index (χ1) is 8.08. The number of rotatable bonds is 5. The number of carbonyl (C=O) groups excluding carboxylic acids is 1. The summed E-state index contributed by atoms with van der Waals surface area (Å²) in [6.07, 6.45) is 4.69. The minimum Gasteiger partial charge on any atom is -0.349 e. The highest BCUT2D eigenvalue weighted by Gasteiger charge is 2.14. The lowest BCUT2D eigenvalue weighted by atomic mass is 10.0. The van der Waals surface area contributed by atoms with Crippen molar-refractivity contribution in [2.45, 2.75) is 38.3 Å². The third kappa shape index (κ3) is 4.04. The molecule has 1 amide bonds. The molecule has 0 unspecified atom stereocenters. The van der Waals surface area contributed by atoms with E-state index in [-0.39, 0.29) is 11.9 Å². The quantitative estimate of drug-likeness (QED) is 0.819. The topological polar surface area (TPSA) is 42.0 Å². The van der Waals surface area contributed by atoms with Gasteiger partial charge in [0.15, 0.2) is 0 Å². The summed E-state index contributed by atoms with van der Waals surface area (Å²) in [6.45, 7) is 6.32. The lowest BCUT2D eigenvalue weighted by Crippen LogP contribution is -2.36. The van der Waals surface area contributed by atoms with Crippen LogP contribution in [0.15, 0.2) is 23.4 Å². The van der Waals surface area contributed by atoms with Gasteiger partial charge < -0.3 is 5.32 Å². The van der Waals surface area contributed by atoms with E-state index in [2.05, 4.69) is 24.1 Å². The van der Waals surface area contributed by atoms with Crippen molar-refractivity contribution in [1.82, 2.24) is 10.3 Å². The third-order valence-electron chi connectivity index (χ3n) is 3.06. The molecule has 4 heteroatoms. The van der Waals surface area contributed by atoms with Crippen LogP contribution >= 0.6 is 11.8 Å². The Hall–Kier alpha value is -1.03. The van der Waals surface area contributed by atoms with Crippen molar-refractivity contribution in [3.8, 4) is 0 Å². The maximum absolute atomic E-state index is 12.0. The van der Waals surface area contributed by atoms with Crippen LogP contribution in [-0.4, -0.2) is 23.2 Å². The van der Waals surface area contributed by atoms with Crippen molar-refractivity contribution in [2.24, 2.45) is 5.92 Å². The van der Waals surface area contributed by atoms with E-state index in [9.17, 15) is 4.79 Å². The predicted molar refractivity (Wildman–Crippen MR) is 72.4 cm³/mol. The molecule has 0 saturated carbocycles. The molecule has 0 spiro atoms. The largest absolute Gasteiger partial charge is 0.349 e. The van der Waals surface area contributed by atoms with Gasteiger partial charge in [0.05, 0.1) is 5.03 Å². The molecular formula is C13H20N2OS. The van der Waals surface area contributed by atoms with Gasteiger partial charge in [-0.15, -0.1) is 11.8 Å². The molecule has 1 aromatic rings. The fourth-order valence-corrected chi connectivity index (χ4v) is 1.86. The SMILES string of the molecule is CC[C@H](C)[C@@H](C)NC(=O)c1ccnc(SC)c1. The fraction of sp³-hybridized carbons (Fsp3) is 0.538. The van der Waals surface area contributed by atoms with Crippen LogP contribution in [0.1, 0.15) is 37.6 Å². The van der Waals surface area contributed by atoms with Gasteiger partial charge in [0.1, 0.15) is 0 Å². The average molecular weight is 252 g/mol. The first-order valence-corrected chi connectivity index (χ1v) is 7.11. The van der Waals surface area contributed by atoms with Crippen LogP contribution < -0.4 is 5.32 Å². The summed E-state index contributed by atoms with van der Waals surface area (Å²) >= 11 is 1.54. The van der Waals surface area contributed by atoms with E-state index in [1.54, 1.807) is 12.3 Å². The molecule has 0 saturated heterocycles. The second kappa shape index (κ2) is 6.64. The van der Waals surface area contributed by atoms with Crippen LogP contribution in [0.4, 0.5) is 0 Å². The number of amides is 1. The Kier molecular flexibility index (Phi) is 5.48. The molecule has 0 aromatic carbocycles. The molecule has 0 aliphatic heterocycles. The standard InChI is InChI=1S/C13H20N2OS/c1-5-9(2)10(3)15-13(16)11-6-7-14-12(8-11)17-4/h6-10H,5H2,1-4H3,(H,15,16)/t9-,10+/m0/s1. The van der Waals surface area contributed by atoms with Crippen molar-refractivity contribution in [1.29, 1.82) is 0 Å². The van der Waals surface area contributed by atoms with Crippen molar-refractivity contribution >= 4 is 17.7 Å². The van der Waals surface area contributed by atoms with E-state index < -0.39 is 0 Å². The van der Waals surface area contributed by atoms with Crippen molar-refractivity contribution in [3.05, 3.63) is 23.9 Å². The summed E-state index contributed by atoms with van der Waals surface area (Å²) < 4.78 is 0. The molecular weight excluding hydrogens is 232 g/mol. The second-order valence-corrected chi connectivity index (χ2v) is 5.06. The Morgan fingerprint density at radius 2 is 2.24 bits per heavy atom. The van der Waals surface area contributed by atoms with Gasteiger partial charge in [-0.05, 0) is 31.2 Å². The number of thioether (sulfide) groups is 1. The van der Waals surface area contributed by atoms with E-state index in [0.29, 0.717) is 11.5 Å². The summed E-state index contributed by atoms with van der Waals surface area (Å²) in [5, 5.41) is 3.89. The van der Waals surface area contributed by atoms with Crippen LogP contribution in [0.25, 0.3) is 0 Å². The molecule has 1 N–H and O–H groups in total. The van der Waals surface area contributed by atoms with Crippen LogP contribution in [0.3, 0.4) is 0 Å². The minimum absolute atomic E-state index is 0.0181. The van der Waals surface area contributed by atoms with Crippen LogP contribution in [0.5, 0.6) is 0 Å². The Morgan fingerprint density at radius 1 is 1.53 bits per heavy atom. The van der Waals surface area contributed by atoms with Crippen molar-refractivity contribution < 1.29 is 4.79 Å². The van der Waals surface area contributed by atoms with E-state index in [1.807, 2.05) is 19.2 Å². The minimum atomic E-state index is -0.0181. The highest BCUT2D eigenvalue weighted by atomic mass is 32.2.